The number of nitrogens with zero attached hydrogens (tertiary/aromatic N) is 3. The van der Waals surface area contributed by atoms with Crippen molar-refractivity contribution < 1.29 is 13.9 Å². The Hall–Kier alpha value is -3.46. The summed E-state index contributed by atoms with van der Waals surface area (Å²) < 4.78 is 20.3. The van der Waals surface area contributed by atoms with E-state index in [2.05, 4.69) is 5.10 Å². The van der Waals surface area contributed by atoms with Crippen LogP contribution in [0.15, 0.2) is 48.5 Å². The summed E-state index contributed by atoms with van der Waals surface area (Å²) in [6.07, 6.45) is 0. The Morgan fingerprint density at radius 1 is 1.20 bits per heavy atom. The first-order valence-corrected chi connectivity index (χ1v) is 7.49. The van der Waals surface area contributed by atoms with Crippen LogP contribution in [-0.4, -0.2) is 22.9 Å². The maximum absolute atomic E-state index is 14.0. The molecule has 2 aromatic carbocycles. The van der Waals surface area contributed by atoms with E-state index < -0.39 is 11.8 Å². The van der Waals surface area contributed by atoms with E-state index in [0.29, 0.717) is 11.3 Å². The van der Waals surface area contributed by atoms with Gasteiger partial charge in [0.05, 0.1) is 24.1 Å². The van der Waals surface area contributed by atoms with Gasteiger partial charge in [0.2, 0.25) is 0 Å². The maximum Gasteiger partial charge on any atom is 0.358 e. The summed E-state index contributed by atoms with van der Waals surface area (Å²) >= 11 is 0. The number of methoxy groups -OCH3 is 1. The van der Waals surface area contributed by atoms with E-state index in [1.165, 1.54) is 25.3 Å². The molecule has 0 saturated heterocycles. The molecule has 0 saturated carbocycles. The van der Waals surface area contributed by atoms with E-state index in [1.54, 1.807) is 16.8 Å². The Kier molecular flexibility index (Phi) is 4.31. The number of benzene rings is 2. The van der Waals surface area contributed by atoms with Crippen molar-refractivity contribution in [2.75, 3.05) is 7.11 Å². The molecule has 0 aliphatic heterocycles. The van der Waals surface area contributed by atoms with E-state index in [4.69, 9.17) is 10.00 Å². The maximum atomic E-state index is 14.0. The lowest BCUT2D eigenvalue weighted by molar-refractivity contribution is 0.0593. The highest BCUT2D eigenvalue weighted by molar-refractivity contribution is 5.89. The van der Waals surface area contributed by atoms with Gasteiger partial charge in [-0.25, -0.2) is 13.9 Å². The molecule has 0 radical (unpaired) electrons. The molecule has 6 heteroatoms. The topological polar surface area (TPSA) is 67.9 Å². The van der Waals surface area contributed by atoms with Gasteiger partial charge >= 0.3 is 5.97 Å². The van der Waals surface area contributed by atoms with Gasteiger partial charge in [-0.05, 0) is 37.3 Å². The van der Waals surface area contributed by atoms with Gasteiger partial charge in [-0.15, -0.1) is 0 Å². The number of carbonyl (C=O) groups excluding carboxylic acids is 1. The zero-order valence-electron chi connectivity index (χ0n) is 13.7. The number of rotatable bonds is 3. The smallest absolute Gasteiger partial charge is 0.358 e. The van der Waals surface area contributed by atoms with Crippen molar-refractivity contribution in [1.82, 2.24) is 9.78 Å². The number of carbonyl (C=O) groups is 1. The highest BCUT2D eigenvalue weighted by Crippen LogP contribution is 2.26. The number of hydrogen-bond acceptors (Lipinski definition) is 4. The van der Waals surface area contributed by atoms with Gasteiger partial charge in [0.25, 0.3) is 0 Å². The van der Waals surface area contributed by atoms with Crippen molar-refractivity contribution in [3.8, 4) is 23.0 Å². The van der Waals surface area contributed by atoms with Crippen LogP contribution in [0.5, 0.6) is 0 Å². The van der Waals surface area contributed by atoms with Crippen LogP contribution in [0.25, 0.3) is 16.9 Å². The first kappa shape index (κ1) is 16.4. The standard InChI is InChI=1S/C19H14FN3O2/c1-12-3-7-15(8-4-12)23-18(10-17(22-23)19(24)25-2)13-5-6-14(11-21)16(20)9-13/h3-10H,1-2H3. The van der Waals surface area contributed by atoms with Crippen molar-refractivity contribution >= 4 is 5.97 Å². The second-order valence-electron chi connectivity index (χ2n) is 5.46. The van der Waals surface area contributed by atoms with Crippen LogP contribution in [-0.2, 0) is 4.74 Å². The Balaban J connectivity index is 2.19. The minimum atomic E-state index is -0.628. The van der Waals surface area contributed by atoms with Crippen molar-refractivity contribution in [1.29, 1.82) is 5.26 Å². The van der Waals surface area contributed by atoms with Crippen LogP contribution in [0.3, 0.4) is 0 Å². The van der Waals surface area contributed by atoms with Crippen molar-refractivity contribution in [2.45, 2.75) is 6.92 Å². The predicted molar refractivity (Wildman–Crippen MR) is 89.7 cm³/mol. The molecule has 0 aliphatic rings. The van der Waals surface area contributed by atoms with Crippen LogP contribution in [0, 0.1) is 24.1 Å². The largest absolute Gasteiger partial charge is 0.464 e. The third kappa shape index (κ3) is 3.12. The number of nitriles is 1. The second-order valence-corrected chi connectivity index (χ2v) is 5.46. The molecule has 0 amide bonds. The molecule has 3 aromatic rings. The zero-order chi connectivity index (χ0) is 18.0. The minimum absolute atomic E-state index is 0.0432. The lowest BCUT2D eigenvalue weighted by Gasteiger charge is -2.08. The fraction of sp³-hybridized carbons (Fsp3) is 0.105. The van der Waals surface area contributed by atoms with Gasteiger partial charge in [-0.3, -0.25) is 0 Å². The lowest BCUT2D eigenvalue weighted by Crippen LogP contribution is -2.04. The van der Waals surface area contributed by atoms with Crippen LogP contribution < -0.4 is 0 Å². The molecule has 5 nitrogen and oxygen atoms in total. The highest BCUT2D eigenvalue weighted by atomic mass is 19.1. The zero-order valence-corrected chi connectivity index (χ0v) is 13.7. The predicted octanol–water partition coefficient (Wildman–Crippen LogP) is 3.65. The molecular formula is C19H14FN3O2. The molecule has 3 rings (SSSR count). The Morgan fingerprint density at radius 2 is 1.92 bits per heavy atom. The molecule has 0 fully saturated rings. The summed E-state index contributed by atoms with van der Waals surface area (Å²) in [7, 11) is 1.27. The van der Waals surface area contributed by atoms with Crippen LogP contribution in [0.4, 0.5) is 4.39 Å². The number of aryl methyl sites for hydroxylation is 1. The van der Waals surface area contributed by atoms with Crippen LogP contribution in [0.2, 0.25) is 0 Å². The Bertz CT molecular complexity index is 985. The molecule has 1 heterocycles. The summed E-state index contributed by atoms with van der Waals surface area (Å²) in [5.41, 5.74) is 2.89. The Labute approximate surface area is 143 Å². The summed E-state index contributed by atoms with van der Waals surface area (Å²) in [6.45, 7) is 1.96. The average molecular weight is 335 g/mol. The van der Waals surface area contributed by atoms with Gasteiger partial charge in [0.15, 0.2) is 5.69 Å². The van der Waals surface area contributed by atoms with Gasteiger partial charge in [-0.1, -0.05) is 23.8 Å². The van der Waals surface area contributed by atoms with Crippen molar-refractivity contribution in [3.05, 3.63) is 71.2 Å². The van der Waals surface area contributed by atoms with Crippen LogP contribution >= 0.6 is 0 Å². The second kappa shape index (κ2) is 6.57. The third-order valence-corrected chi connectivity index (χ3v) is 3.77. The van der Waals surface area contributed by atoms with E-state index >= 15 is 0 Å². The molecule has 1 aromatic heterocycles. The van der Waals surface area contributed by atoms with Crippen molar-refractivity contribution in [3.63, 3.8) is 0 Å². The summed E-state index contributed by atoms with van der Waals surface area (Å²) in [4.78, 5) is 11.8. The molecule has 0 aliphatic carbocycles. The van der Waals surface area contributed by atoms with E-state index in [1.807, 2.05) is 31.2 Å². The summed E-state index contributed by atoms with van der Waals surface area (Å²) in [5.74, 6) is -1.21. The summed E-state index contributed by atoms with van der Waals surface area (Å²) in [6, 6.07) is 15.1. The van der Waals surface area contributed by atoms with Gasteiger partial charge < -0.3 is 4.74 Å². The van der Waals surface area contributed by atoms with Gasteiger partial charge in [-0.2, -0.15) is 10.4 Å². The van der Waals surface area contributed by atoms with E-state index in [9.17, 15) is 9.18 Å². The highest BCUT2D eigenvalue weighted by Gasteiger charge is 2.18. The van der Waals surface area contributed by atoms with Gasteiger partial charge in [0, 0.05) is 5.56 Å². The normalized spacial score (nSPS) is 10.3. The molecule has 0 unspecified atom stereocenters. The average Bonchev–Trinajstić information content (AvgIpc) is 3.07. The summed E-state index contributed by atoms with van der Waals surface area (Å²) in [5, 5.41) is 13.2. The molecule has 25 heavy (non-hydrogen) atoms. The minimum Gasteiger partial charge on any atom is -0.464 e. The molecule has 0 spiro atoms. The SMILES string of the molecule is COC(=O)c1cc(-c2ccc(C#N)c(F)c2)n(-c2ccc(C)cc2)n1. The third-order valence-electron chi connectivity index (χ3n) is 3.77. The number of halogens is 1. The molecule has 0 N–H and O–H groups in total. The first-order valence-electron chi connectivity index (χ1n) is 7.49. The fourth-order valence-corrected chi connectivity index (χ4v) is 2.44. The Morgan fingerprint density at radius 3 is 2.52 bits per heavy atom. The number of aromatic nitrogens is 2. The van der Waals surface area contributed by atoms with E-state index in [-0.39, 0.29) is 11.3 Å². The number of esters is 1. The molecule has 0 bridgehead atoms. The van der Waals surface area contributed by atoms with Crippen LogP contribution in [0.1, 0.15) is 21.6 Å². The monoisotopic (exact) mass is 335 g/mol. The van der Waals surface area contributed by atoms with E-state index in [0.717, 1.165) is 11.3 Å². The van der Waals surface area contributed by atoms with Gasteiger partial charge in [0.1, 0.15) is 11.9 Å². The quantitative estimate of drug-likeness (QED) is 0.685. The molecule has 0 atom stereocenters. The fourth-order valence-electron chi connectivity index (χ4n) is 2.44. The lowest BCUT2D eigenvalue weighted by atomic mass is 10.1. The molecule has 124 valence electrons. The number of ether oxygens (including phenoxy) is 1. The van der Waals surface area contributed by atoms with Crippen molar-refractivity contribution in [2.24, 2.45) is 0 Å². The molecular weight excluding hydrogens is 321 g/mol. The first-order chi connectivity index (χ1) is 12.0. The number of hydrogen-bond donors (Lipinski definition) is 0.